The monoisotopic (exact) mass is 393 g/mol. The van der Waals surface area contributed by atoms with Gasteiger partial charge in [-0.25, -0.2) is 0 Å². The molecule has 0 bridgehead atoms. The molecule has 0 aromatic rings. The lowest BCUT2D eigenvalue weighted by Crippen LogP contribution is -2.02. The lowest BCUT2D eigenvalue weighted by atomic mass is 10.5. The predicted octanol–water partition coefficient (Wildman–Crippen LogP) is 4.65. The van der Waals surface area contributed by atoms with Crippen LogP contribution in [0.1, 0.15) is 0 Å². The Bertz CT molecular complexity index is 601. The second-order valence-electron chi connectivity index (χ2n) is 4.93. The summed E-state index contributed by atoms with van der Waals surface area (Å²) in [6.45, 7) is 2.07. The average molecular weight is 393 g/mol. The Morgan fingerprint density at radius 3 is 0.833 bits per heavy atom. The highest BCUT2D eigenvalue weighted by Crippen LogP contribution is 2.80. The van der Waals surface area contributed by atoms with Gasteiger partial charge in [-0.3, -0.25) is 0 Å². The Morgan fingerprint density at radius 2 is 0.625 bits per heavy atom. The topological polar surface area (TPSA) is 92.5 Å². The van der Waals surface area contributed by atoms with Crippen LogP contribution in [0.5, 0.6) is 0 Å². The van der Waals surface area contributed by atoms with Crippen LogP contribution in [0.3, 0.4) is 0 Å². The number of hydrogen-bond donors (Lipinski definition) is 0. The molecule has 0 radical (unpaired) electrons. The molecule has 132 valence electrons. The molecule has 4 aliphatic rings. The van der Waals surface area contributed by atoms with Gasteiger partial charge in [0.15, 0.2) is 0 Å². The van der Waals surface area contributed by atoms with E-state index in [1.807, 2.05) is 36.5 Å². The minimum Gasteiger partial charge on any atom is -0.302 e. The van der Waals surface area contributed by atoms with Crippen molar-refractivity contribution < 1.29 is 27.1 Å². The Hall–Kier alpha value is -0.330. The summed E-state index contributed by atoms with van der Waals surface area (Å²) < 4.78 is 49.1. The van der Waals surface area contributed by atoms with E-state index in [-0.39, 0.29) is 0 Å². The molecule has 3 spiro atoms. The Kier molecular flexibility index (Phi) is 5.07. The third-order valence-electron chi connectivity index (χ3n) is 3.21. The van der Waals surface area contributed by atoms with E-state index in [1.54, 1.807) is 0 Å². The smallest absolute Gasteiger partial charge is 0.302 e. The molecule has 24 heavy (non-hydrogen) atoms. The summed E-state index contributed by atoms with van der Waals surface area (Å²) in [6, 6.07) is 0. The van der Waals surface area contributed by atoms with Crippen LogP contribution in [0.25, 0.3) is 0 Å². The maximum absolute atomic E-state index is 5.87. The summed E-state index contributed by atoms with van der Waals surface area (Å²) in [4.78, 5) is 0. The molecule has 0 aromatic carbocycles. The highest BCUT2D eigenvalue weighted by atomic mass is 31.3. The van der Waals surface area contributed by atoms with E-state index >= 15 is 0 Å². The van der Waals surface area contributed by atoms with Crippen LogP contribution in [0.2, 0.25) is 0 Å². The van der Waals surface area contributed by atoms with Gasteiger partial charge in [-0.2, -0.15) is 0 Å². The molecule has 4 heterocycles. The maximum Gasteiger partial charge on any atom is 0.349 e. The third kappa shape index (κ3) is 3.61. The first-order valence-corrected chi connectivity index (χ1v) is 12.1. The minimum atomic E-state index is -3.00. The fourth-order valence-corrected chi connectivity index (χ4v) is 11.4. The molecule has 0 atom stereocenters. The molecule has 4 aliphatic heterocycles. The summed E-state index contributed by atoms with van der Waals surface area (Å²) in [5.41, 5.74) is 0. The van der Waals surface area contributed by atoms with E-state index in [0.717, 1.165) is 0 Å². The van der Waals surface area contributed by atoms with E-state index in [1.165, 1.54) is 0 Å². The number of nitrogens with zero attached hydrogens (tertiary/aromatic N) is 3. The fourth-order valence-electron chi connectivity index (χ4n) is 2.15. The van der Waals surface area contributed by atoms with Gasteiger partial charge in [0.05, 0.1) is 39.6 Å². The maximum atomic E-state index is 5.87. The second kappa shape index (κ2) is 7.12. The van der Waals surface area contributed by atoms with E-state index in [0.29, 0.717) is 39.6 Å². The van der Waals surface area contributed by atoms with Crippen molar-refractivity contribution in [3.05, 3.63) is 36.5 Å². The highest BCUT2D eigenvalue weighted by Gasteiger charge is 2.43. The summed E-state index contributed by atoms with van der Waals surface area (Å²) >= 11 is 0. The third-order valence-corrected chi connectivity index (χ3v) is 11.5. The van der Waals surface area contributed by atoms with Crippen LogP contribution >= 0.6 is 23.0 Å². The first kappa shape index (κ1) is 17.1. The van der Waals surface area contributed by atoms with Gasteiger partial charge >= 0.3 is 23.0 Å². The van der Waals surface area contributed by atoms with Gasteiger partial charge < -0.3 is 27.1 Å². The molecule has 4 rings (SSSR count). The molecule has 0 unspecified atom stereocenters. The molecule has 0 aliphatic carbocycles. The molecule has 12 heteroatoms. The van der Waals surface area contributed by atoms with Crippen LogP contribution in [0.15, 0.2) is 50.0 Å². The first-order chi connectivity index (χ1) is 11.7. The van der Waals surface area contributed by atoms with Crippen LogP contribution in [0, 0.1) is 0 Å². The molecule has 0 saturated heterocycles. The first-order valence-electron chi connectivity index (χ1n) is 7.48. The largest absolute Gasteiger partial charge is 0.349 e. The van der Waals surface area contributed by atoms with E-state index < -0.39 is 23.0 Å². The average Bonchev–Trinajstić information content (AvgIpc) is 3.00. The van der Waals surface area contributed by atoms with Crippen molar-refractivity contribution in [3.8, 4) is 0 Å². The molecular weight excluding hydrogens is 375 g/mol. The van der Waals surface area contributed by atoms with E-state index in [9.17, 15) is 0 Å². The zero-order chi connectivity index (χ0) is 16.3. The standard InChI is InChI=1S/C12H18N3O6P3/c1-2-8-17-22(16-7-1)13-23(18-9-3-4-10-19-23)15-24(14-22)20-11-5-6-12-21-24/h1-6H,7-12H2. The van der Waals surface area contributed by atoms with Crippen molar-refractivity contribution in [2.75, 3.05) is 39.6 Å². The van der Waals surface area contributed by atoms with Gasteiger partial charge in [0.2, 0.25) is 0 Å². The fraction of sp³-hybridized carbons (Fsp3) is 0.500. The normalized spacial score (nSPS) is 30.0. The van der Waals surface area contributed by atoms with Gasteiger partial charge in [0.1, 0.15) is 0 Å². The Balaban J connectivity index is 1.85. The zero-order valence-corrected chi connectivity index (χ0v) is 15.5. The van der Waals surface area contributed by atoms with Crippen molar-refractivity contribution in [1.82, 2.24) is 0 Å². The van der Waals surface area contributed by atoms with Crippen molar-refractivity contribution in [3.63, 3.8) is 0 Å². The minimum absolute atomic E-state index is 0.345. The lowest BCUT2D eigenvalue weighted by molar-refractivity contribution is 0.264. The molecule has 0 amide bonds. The quantitative estimate of drug-likeness (QED) is 0.440. The Morgan fingerprint density at radius 1 is 0.417 bits per heavy atom. The molecule has 0 N–H and O–H groups in total. The molecule has 0 aromatic heterocycles. The van der Waals surface area contributed by atoms with Crippen LogP contribution in [0.4, 0.5) is 0 Å². The number of hydrogen-bond acceptors (Lipinski definition) is 9. The van der Waals surface area contributed by atoms with Crippen LogP contribution in [-0.4, -0.2) is 39.6 Å². The summed E-state index contributed by atoms with van der Waals surface area (Å²) in [7, 11) is -8.99. The number of rotatable bonds is 0. The van der Waals surface area contributed by atoms with Gasteiger partial charge in [-0.1, -0.05) is 36.5 Å². The highest BCUT2D eigenvalue weighted by molar-refractivity contribution is 7.78. The molecular formula is C12H18N3O6P3. The van der Waals surface area contributed by atoms with Gasteiger partial charge in [0, 0.05) is 0 Å². The molecule has 9 nitrogen and oxygen atoms in total. The Labute approximate surface area is 140 Å². The SMILES string of the molecule is C1=CCOP2(=NP3(=NP4(=N2)OCC=CCO4)OCC=CCO3)OC1. The molecule has 0 fully saturated rings. The van der Waals surface area contributed by atoms with Crippen LogP contribution in [-0.2, 0) is 27.1 Å². The van der Waals surface area contributed by atoms with Crippen LogP contribution < -0.4 is 0 Å². The van der Waals surface area contributed by atoms with E-state index in [2.05, 4.69) is 13.5 Å². The zero-order valence-electron chi connectivity index (χ0n) is 12.8. The molecule has 0 saturated carbocycles. The van der Waals surface area contributed by atoms with Crippen molar-refractivity contribution in [2.45, 2.75) is 0 Å². The van der Waals surface area contributed by atoms with E-state index in [4.69, 9.17) is 27.1 Å². The second-order valence-corrected chi connectivity index (χ2v) is 11.6. The predicted molar refractivity (Wildman–Crippen MR) is 91.2 cm³/mol. The van der Waals surface area contributed by atoms with Crippen molar-refractivity contribution in [2.24, 2.45) is 13.5 Å². The van der Waals surface area contributed by atoms with Gasteiger partial charge in [-0.05, 0) is 0 Å². The van der Waals surface area contributed by atoms with Crippen molar-refractivity contribution in [1.29, 1.82) is 0 Å². The summed E-state index contributed by atoms with van der Waals surface area (Å²) in [5, 5.41) is 0. The summed E-state index contributed by atoms with van der Waals surface area (Å²) in [6.07, 6.45) is 11.2. The summed E-state index contributed by atoms with van der Waals surface area (Å²) in [5.74, 6) is 0. The van der Waals surface area contributed by atoms with Crippen molar-refractivity contribution >= 4 is 23.0 Å². The van der Waals surface area contributed by atoms with Gasteiger partial charge in [0.25, 0.3) is 0 Å². The van der Waals surface area contributed by atoms with Gasteiger partial charge in [-0.15, -0.1) is 13.5 Å². The lowest BCUT2D eigenvalue weighted by Gasteiger charge is -2.31.